The maximum absolute atomic E-state index is 12.7. The lowest BCUT2D eigenvalue weighted by atomic mass is 9.85. The van der Waals surface area contributed by atoms with Crippen LogP contribution < -0.4 is 10.6 Å². The van der Waals surface area contributed by atoms with E-state index in [2.05, 4.69) is 10.6 Å². The predicted octanol–water partition coefficient (Wildman–Crippen LogP) is 6.17. The van der Waals surface area contributed by atoms with Gasteiger partial charge in [-0.2, -0.15) is 0 Å². The first kappa shape index (κ1) is 25.1. The van der Waals surface area contributed by atoms with E-state index in [0.29, 0.717) is 53.8 Å². The monoisotopic (exact) mass is 519 g/mol. The number of carbonyl (C=O) groups is 3. The van der Waals surface area contributed by atoms with E-state index in [4.69, 9.17) is 33.0 Å². The number of anilines is 2. The van der Waals surface area contributed by atoms with Crippen LogP contribution in [-0.2, 0) is 22.5 Å². The molecule has 35 heavy (non-hydrogen) atoms. The first-order valence-electron chi connectivity index (χ1n) is 11.6. The lowest BCUT2D eigenvalue weighted by Gasteiger charge is -2.32. The standard InChI is InChI=1S/C25H27Cl2N3O5/c26-21-8-5-19(13-22(21)27)29-24(33)28-18-4-3-17-14-30(10-9-16(17)12-18)25(34)35-20-6-1-15(2-7-20)11-23(31)32/h3-5,8,12-13,15,20H,1-2,6-7,9-11,14H2,(H,31,32)(H2,28,29,33)/t15-,20-. The van der Waals surface area contributed by atoms with Gasteiger partial charge >= 0.3 is 18.1 Å². The van der Waals surface area contributed by atoms with E-state index < -0.39 is 12.0 Å². The van der Waals surface area contributed by atoms with Gasteiger partial charge in [0.05, 0.1) is 10.0 Å². The number of fused-ring (bicyclic) bond motifs is 1. The summed E-state index contributed by atoms with van der Waals surface area (Å²) in [5.41, 5.74) is 3.25. The average molecular weight is 520 g/mol. The number of amides is 3. The van der Waals surface area contributed by atoms with Crippen molar-refractivity contribution >= 4 is 52.7 Å². The van der Waals surface area contributed by atoms with Crippen LogP contribution in [0.2, 0.25) is 10.0 Å². The van der Waals surface area contributed by atoms with Gasteiger partial charge in [0.1, 0.15) is 6.10 Å². The SMILES string of the molecule is O=C(O)C[C@H]1CC[C@H](OC(=O)N2CCc3cc(NC(=O)Nc4ccc(Cl)c(Cl)c4)ccc3C2)CC1. The highest BCUT2D eigenvalue weighted by Gasteiger charge is 2.28. The lowest BCUT2D eigenvalue weighted by Crippen LogP contribution is -2.39. The summed E-state index contributed by atoms with van der Waals surface area (Å²) >= 11 is 11.9. The smallest absolute Gasteiger partial charge is 0.410 e. The van der Waals surface area contributed by atoms with Crippen LogP contribution in [0, 0.1) is 5.92 Å². The van der Waals surface area contributed by atoms with Gasteiger partial charge in [-0.1, -0.05) is 29.3 Å². The fraction of sp³-hybridized carbons (Fsp3) is 0.400. The molecule has 0 atom stereocenters. The van der Waals surface area contributed by atoms with Gasteiger partial charge < -0.3 is 25.4 Å². The van der Waals surface area contributed by atoms with E-state index >= 15 is 0 Å². The maximum Gasteiger partial charge on any atom is 0.410 e. The number of carboxylic acid groups (broad SMARTS) is 1. The summed E-state index contributed by atoms with van der Waals surface area (Å²) in [6.07, 6.45) is 3.27. The molecule has 1 fully saturated rings. The number of benzene rings is 2. The van der Waals surface area contributed by atoms with Gasteiger partial charge in [-0.25, -0.2) is 9.59 Å². The minimum absolute atomic E-state index is 0.158. The first-order chi connectivity index (χ1) is 16.8. The van der Waals surface area contributed by atoms with Crippen LogP contribution in [-0.4, -0.2) is 40.7 Å². The molecule has 3 amide bonds. The topological polar surface area (TPSA) is 108 Å². The second-order valence-corrected chi connectivity index (χ2v) is 9.80. The average Bonchev–Trinajstić information content (AvgIpc) is 2.82. The molecule has 0 radical (unpaired) electrons. The number of carboxylic acids is 1. The zero-order valence-corrected chi connectivity index (χ0v) is 20.6. The Bertz CT molecular complexity index is 1120. The van der Waals surface area contributed by atoms with E-state index in [1.54, 1.807) is 29.2 Å². The van der Waals surface area contributed by atoms with Crippen molar-refractivity contribution in [1.82, 2.24) is 4.90 Å². The Balaban J connectivity index is 1.27. The van der Waals surface area contributed by atoms with Crippen molar-refractivity contribution in [2.24, 2.45) is 5.92 Å². The van der Waals surface area contributed by atoms with Crippen LogP contribution in [0.15, 0.2) is 36.4 Å². The Labute approximate surface area is 213 Å². The highest BCUT2D eigenvalue weighted by Crippen LogP contribution is 2.30. The molecule has 1 aliphatic heterocycles. The van der Waals surface area contributed by atoms with Gasteiger partial charge in [0.2, 0.25) is 0 Å². The minimum atomic E-state index is -0.775. The molecule has 8 nitrogen and oxygen atoms in total. The Hall–Kier alpha value is -2.97. The summed E-state index contributed by atoms with van der Waals surface area (Å²) in [5.74, 6) is -0.610. The number of nitrogens with zero attached hydrogens (tertiary/aromatic N) is 1. The van der Waals surface area contributed by atoms with Gasteiger partial charge in [0.15, 0.2) is 0 Å². The zero-order chi connectivity index (χ0) is 24.9. The number of rotatable bonds is 5. The van der Waals surface area contributed by atoms with Crippen molar-refractivity contribution in [2.75, 3.05) is 17.2 Å². The number of hydrogen-bond donors (Lipinski definition) is 3. The van der Waals surface area contributed by atoms with Crippen LogP contribution in [0.1, 0.15) is 43.2 Å². The summed E-state index contributed by atoms with van der Waals surface area (Å²) < 4.78 is 5.70. The zero-order valence-electron chi connectivity index (χ0n) is 19.1. The fourth-order valence-electron chi connectivity index (χ4n) is 4.57. The van der Waals surface area contributed by atoms with Crippen LogP contribution in [0.3, 0.4) is 0 Å². The van der Waals surface area contributed by atoms with Crippen molar-refractivity contribution in [3.8, 4) is 0 Å². The molecular formula is C25H27Cl2N3O5. The molecule has 0 spiro atoms. The second-order valence-electron chi connectivity index (χ2n) is 8.99. The summed E-state index contributed by atoms with van der Waals surface area (Å²) in [7, 11) is 0. The first-order valence-corrected chi connectivity index (χ1v) is 12.3. The van der Waals surface area contributed by atoms with E-state index in [0.717, 1.165) is 24.0 Å². The van der Waals surface area contributed by atoms with E-state index in [1.807, 2.05) is 12.1 Å². The molecule has 2 aliphatic rings. The third kappa shape index (κ3) is 6.80. The molecule has 186 valence electrons. The molecule has 0 bridgehead atoms. The molecule has 2 aromatic rings. The molecule has 2 aromatic carbocycles. The number of halogens is 2. The number of aliphatic carboxylic acids is 1. The largest absolute Gasteiger partial charge is 0.481 e. The maximum atomic E-state index is 12.7. The Kier molecular flexibility index (Phi) is 8.03. The number of urea groups is 1. The van der Waals surface area contributed by atoms with Gasteiger partial charge in [-0.05, 0) is 79.5 Å². The van der Waals surface area contributed by atoms with E-state index in [9.17, 15) is 14.4 Å². The molecule has 0 saturated heterocycles. The van der Waals surface area contributed by atoms with Gasteiger partial charge in [-0.3, -0.25) is 4.79 Å². The highest BCUT2D eigenvalue weighted by atomic mass is 35.5. The Morgan fingerprint density at radius 1 is 0.943 bits per heavy atom. The Morgan fingerprint density at radius 2 is 1.63 bits per heavy atom. The van der Waals surface area contributed by atoms with Crippen LogP contribution >= 0.6 is 23.2 Å². The number of nitrogens with one attached hydrogen (secondary N) is 2. The van der Waals surface area contributed by atoms with Gasteiger partial charge in [0.25, 0.3) is 0 Å². The Morgan fingerprint density at radius 3 is 2.31 bits per heavy atom. The molecule has 1 saturated carbocycles. The quantitative estimate of drug-likeness (QED) is 0.437. The lowest BCUT2D eigenvalue weighted by molar-refractivity contribution is -0.138. The van der Waals surface area contributed by atoms with Gasteiger partial charge in [-0.15, -0.1) is 0 Å². The third-order valence-corrected chi connectivity index (χ3v) is 7.18. The summed E-state index contributed by atoms with van der Waals surface area (Å²) in [4.78, 5) is 37.6. The molecule has 3 N–H and O–H groups in total. The number of carbonyl (C=O) groups excluding carboxylic acids is 2. The highest BCUT2D eigenvalue weighted by molar-refractivity contribution is 6.42. The van der Waals surface area contributed by atoms with Crippen LogP contribution in [0.5, 0.6) is 0 Å². The molecule has 0 unspecified atom stereocenters. The summed E-state index contributed by atoms with van der Waals surface area (Å²) in [6, 6.07) is 10.1. The van der Waals surface area contributed by atoms with E-state index in [-0.39, 0.29) is 24.5 Å². The number of hydrogen-bond acceptors (Lipinski definition) is 4. The minimum Gasteiger partial charge on any atom is -0.481 e. The second kappa shape index (κ2) is 11.2. The van der Waals surface area contributed by atoms with E-state index in [1.165, 1.54) is 0 Å². The number of ether oxygens (including phenoxy) is 1. The summed E-state index contributed by atoms with van der Waals surface area (Å²) in [5, 5.41) is 15.2. The van der Waals surface area contributed by atoms with Crippen molar-refractivity contribution in [2.45, 2.75) is 51.2 Å². The fourth-order valence-corrected chi connectivity index (χ4v) is 4.87. The van der Waals surface area contributed by atoms with Crippen molar-refractivity contribution in [3.05, 3.63) is 57.6 Å². The molecule has 0 aromatic heterocycles. The molecule has 4 rings (SSSR count). The predicted molar refractivity (Wildman–Crippen MR) is 134 cm³/mol. The normalized spacial score (nSPS) is 19.4. The molecule has 10 heteroatoms. The van der Waals surface area contributed by atoms with Crippen molar-refractivity contribution in [1.29, 1.82) is 0 Å². The van der Waals surface area contributed by atoms with Crippen molar-refractivity contribution in [3.63, 3.8) is 0 Å². The van der Waals surface area contributed by atoms with Crippen LogP contribution in [0.25, 0.3) is 0 Å². The van der Waals surface area contributed by atoms with Crippen molar-refractivity contribution < 1.29 is 24.2 Å². The third-order valence-electron chi connectivity index (χ3n) is 6.44. The molecular weight excluding hydrogens is 493 g/mol. The summed E-state index contributed by atoms with van der Waals surface area (Å²) in [6.45, 7) is 0.970. The molecule has 1 heterocycles. The molecule has 1 aliphatic carbocycles. The van der Waals surface area contributed by atoms with Gasteiger partial charge in [0, 0.05) is 30.9 Å². The van der Waals surface area contributed by atoms with Crippen LogP contribution in [0.4, 0.5) is 21.0 Å².